The number of primary amides is 1. The smallest absolute Gasteiger partial charge is 0.231 e. The van der Waals surface area contributed by atoms with Gasteiger partial charge in [-0.2, -0.15) is 0 Å². The van der Waals surface area contributed by atoms with Gasteiger partial charge in [0, 0.05) is 18.9 Å². The van der Waals surface area contributed by atoms with E-state index >= 15 is 0 Å². The van der Waals surface area contributed by atoms with E-state index in [0.29, 0.717) is 12.5 Å². The first kappa shape index (κ1) is 11.1. The zero-order valence-electron chi connectivity index (χ0n) is 9.30. The van der Waals surface area contributed by atoms with Crippen molar-refractivity contribution in [2.24, 2.45) is 5.73 Å². The lowest BCUT2D eigenvalue weighted by atomic mass is 9.91. The fourth-order valence-electron chi connectivity index (χ4n) is 2.33. The van der Waals surface area contributed by atoms with Crippen LogP contribution < -0.4 is 5.73 Å². The van der Waals surface area contributed by atoms with E-state index in [4.69, 9.17) is 5.73 Å². The number of aromatic nitrogens is 1. The van der Waals surface area contributed by atoms with Crippen LogP contribution in [0.2, 0.25) is 0 Å². The molecule has 1 amide bonds. The van der Waals surface area contributed by atoms with Crippen LogP contribution in [0.5, 0.6) is 0 Å². The van der Waals surface area contributed by atoms with Gasteiger partial charge in [0.15, 0.2) is 0 Å². The number of hydrogen-bond donors (Lipinski definition) is 1. The summed E-state index contributed by atoms with van der Waals surface area (Å²) in [5.74, 6) is 0.270. The molecule has 4 nitrogen and oxygen atoms in total. The molecule has 16 heavy (non-hydrogen) atoms. The molecule has 0 aliphatic carbocycles. The Labute approximate surface area is 95.5 Å². The number of likely N-dealkylation sites (tertiary alicyclic amines) is 1. The molecular formula is C12H17N3O. The van der Waals surface area contributed by atoms with E-state index in [1.807, 2.05) is 12.4 Å². The van der Waals surface area contributed by atoms with Gasteiger partial charge in [0.05, 0.1) is 6.54 Å². The topological polar surface area (TPSA) is 59.2 Å². The fourth-order valence-corrected chi connectivity index (χ4v) is 2.33. The van der Waals surface area contributed by atoms with Crippen molar-refractivity contribution in [1.82, 2.24) is 9.88 Å². The van der Waals surface area contributed by atoms with E-state index < -0.39 is 0 Å². The summed E-state index contributed by atoms with van der Waals surface area (Å²) < 4.78 is 0. The molecule has 86 valence electrons. The molecule has 0 saturated carbocycles. The molecule has 1 atom stereocenters. The third kappa shape index (κ3) is 2.79. The highest BCUT2D eigenvalue weighted by atomic mass is 16.1. The van der Waals surface area contributed by atoms with Gasteiger partial charge in [-0.25, -0.2) is 0 Å². The molecule has 2 N–H and O–H groups in total. The van der Waals surface area contributed by atoms with Gasteiger partial charge in [-0.05, 0) is 43.0 Å². The predicted octanol–water partition coefficient (Wildman–Crippen LogP) is 0.746. The molecular weight excluding hydrogens is 202 g/mol. The molecule has 2 rings (SSSR count). The van der Waals surface area contributed by atoms with Gasteiger partial charge in [-0.1, -0.05) is 0 Å². The van der Waals surface area contributed by atoms with Gasteiger partial charge in [-0.15, -0.1) is 0 Å². The molecule has 1 aliphatic rings. The Hall–Kier alpha value is -1.42. The maximum Gasteiger partial charge on any atom is 0.231 e. The van der Waals surface area contributed by atoms with Crippen LogP contribution in [0, 0.1) is 0 Å². The quantitative estimate of drug-likeness (QED) is 0.816. The Morgan fingerprint density at radius 2 is 2.25 bits per heavy atom. The summed E-state index contributed by atoms with van der Waals surface area (Å²) in [4.78, 5) is 17.0. The molecule has 1 unspecified atom stereocenters. The summed E-state index contributed by atoms with van der Waals surface area (Å²) in [6.45, 7) is 2.28. The number of nitrogens with zero attached hydrogens (tertiary/aromatic N) is 2. The second kappa shape index (κ2) is 5.07. The highest BCUT2D eigenvalue weighted by molar-refractivity contribution is 5.75. The molecule has 0 bridgehead atoms. The first-order chi connectivity index (χ1) is 7.75. The van der Waals surface area contributed by atoms with Crippen molar-refractivity contribution in [2.75, 3.05) is 19.6 Å². The zero-order chi connectivity index (χ0) is 11.4. The monoisotopic (exact) mass is 219 g/mol. The van der Waals surface area contributed by atoms with Crippen LogP contribution in [0.1, 0.15) is 24.3 Å². The SMILES string of the molecule is NC(=O)CN1CCCC(c2ccncc2)C1. The summed E-state index contributed by atoms with van der Waals surface area (Å²) in [5.41, 5.74) is 6.53. The van der Waals surface area contributed by atoms with Crippen molar-refractivity contribution >= 4 is 5.91 Å². The minimum absolute atomic E-state index is 0.240. The molecule has 1 fully saturated rings. The van der Waals surface area contributed by atoms with Crippen LogP contribution in [0.4, 0.5) is 0 Å². The van der Waals surface area contributed by atoms with E-state index in [-0.39, 0.29) is 5.91 Å². The van der Waals surface area contributed by atoms with Gasteiger partial charge >= 0.3 is 0 Å². The summed E-state index contributed by atoms with van der Waals surface area (Å²) >= 11 is 0. The second-order valence-corrected chi connectivity index (χ2v) is 4.32. The lowest BCUT2D eigenvalue weighted by Gasteiger charge is -2.31. The number of rotatable bonds is 3. The van der Waals surface area contributed by atoms with Crippen molar-refractivity contribution in [1.29, 1.82) is 0 Å². The maximum absolute atomic E-state index is 10.9. The largest absolute Gasteiger partial charge is 0.369 e. The first-order valence-electron chi connectivity index (χ1n) is 5.66. The van der Waals surface area contributed by atoms with Crippen LogP contribution in [-0.2, 0) is 4.79 Å². The standard InChI is InChI=1S/C12H17N3O/c13-12(16)9-15-7-1-2-11(8-15)10-3-5-14-6-4-10/h3-6,11H,1-2,7-9H2,(H2,13,16). The van der Waals surface area contributed by atoms with Crippen molar-refractivity contribution in [3.8, 4) is 0 Å². The van der Waals surface area contributed by atoms with Gasteiger partial charge < -0.3 is 5.73 Å². The average Bonchev–Trinajstić information content (AvgIpc) is 2.30. The van der Waals surface area contributed by atoms with E-state index in [2.05, 4.69) is 22.0 Å². The summed E-state index contributed by atoms with van der Waals surface area (Å²) in [5, 5.41) is 0. The molecule has 0 aromatic carbocycles. The lowest BCUT2D eigenvalue weighted by Crippen LogP contribution is -2.40. The van der Waals surface area contributed by atoms with Crippen molar-refractivity contribution in [3.05, 3.63) is 30.1 Å². The summed E-state index contributed by atoms with van der Waals surface area (Å²) in [6, 6.07) is 4.11. The fraction of sp³-hybridized carbons (Fsp3) is 0.500. The highest BCUT2D eigenvalue weighted by Gasteiger charge is 2.21. The van der Waals surface area contributed by atoms with E-state index in [9.17, 15) is 4.79 Å². The minimum Gasteiger partial charge on any atom is -0.369 e. The van der Waals surface area contributed by atoms with Crippen LogP contribution in [0.3, 0.4) is 0 Å². The van der Waals surface area contributed by atoms with Gasteiger partial charge in [0.1, 0.15) is 0 Å². The normalized spacial score (nSPS) is 21.9. The minimum atomic E-state index is -0.240. The Balaban J connectivity index is 1.99. The molecule has 0 radical (unpaired) electrons. The number of pyridine rings is 1. The van der Waals surface area contributed by atoms with Crippen LogP contribution in [0.25, 0.3) is 0 Å². The van der Waals surface area contributed by atoms with Gasteiger partial charge in [-0.3, -0.25) is 14.7 Å². The molecule has 1 aromatic heterocycles. The molecule has 4 heteroatoms. The van der Waals surface area contributed by atoms with Crippen LogP contribution in [-0.4, -0.2) is 35.4 Å². The van der Waals surface area contributed by atoms with Crippen molar-refractivity contribution < 1.29 is 4.79 Å². The predicted molar refractivity (Wildman–Crippen MR) is 61.8 cm³/mol. The van der Waals surface area contributed by atoms with E-state index in [1.165, 1.54) is 12.0 Å². The van der Waals surface area contributed by atoms with Crippen molar-refractivity contribution in [3.63, 3.8) is 0 Å². The molecule has 1 saturated heterocycles. The molecule has 1 aromatic rings. The number of amides is 1. The third-order valence-corrected chi connectivity index (χ3v) is 3.06. The summed E-state index contributed by atoms with van der Waals surface area (Å²) in [6.07, 6.45) is 5.95. The van der Waals surface area contributed by atoms with Gasteiger partial charge in [0.2, 0.25) is 5.91 Å². The Morgan fingerprint density at radius 3 is 2.94 bits per heavy atom. The number of hydrogen-bond acceptors (Lipinski definition) is 3. The molecule has 1 aliphatic heterocycles. The highest BCUT2D eigenvalue weighted by Crippen LogP contribution is 2.25. The Bertz CT molecular complexity index is 353. The summed E-state index contributed by atoms with van der Waals surface area (Å²) in [7, 11) is 0. The third-order valence-electron chi connectivity index (χ3n) is 3.06. The van der Waals surface area contributed by atoms with Crippen LogP contribution >= 0.6 is 0 Å². The first-order valence-corrected chi connectivity index (χ1v) is 5.66. The van der Waals surface area contributed by atoms with E-state index in [1.54, 1.807) is 0 Å². The second-order valence-electron chi connectivity index (χ2n) is 4.32. The number of carbonyl (C=O) groups is 1. The number of piperidine rings is 1. The number of nitrogens with two attached hydrogens (primary N) is 1. The lowest BCUT2D eigenvalue weighted by molar-refractivity contribution is -0.119. The maximum atomic E-state index is 10.9. The Kier molecular flexibility index (Phi) is 3.51. The number of carbonyl (C=O) groups excluding carboxylic acids is 1. The molecule has 0 spiro atoms. The van der Waals surface area contributed by atoms with E-state index in [0.717, 1.165) is 19.5 Å². The van der Waals surface area contributed by atoms with Crippen molar-refractivity contribution in [2.45, 2.75) is 18.8 Å². The van der Waals surface area contributed by atoms with Gasteiger partial charge in [0.25, 0.3) is 0 Å². The molecule has 2 heterocycles. The zero-order valence-corrected chi connectivity index (χ0v) is 9.30. The average molecular weight is 219 g/mol. The van der Waals surface area contributed by atoms with Crippen LogP contribution in [0.15, 0.2) is 24.5 Å². The Morgan fingerprint density at radius 1 is 1.50 bits per heavy atom.